The van der Waals surface area contributed by atoms with E-state index in [-0.39, 0.29) is 22.2 Å². The van der Waals surface area contributed by atoms with Crippen LogP contribution < -0.4 is 4.74 Å². The number of carbonyl (C=O) groups excluding carboxylic acids is 1. The summed E-state index contributed by atoms with van der Waals surface area (Å²) in [5.41, 5.74) is 4.59. The Morgan fingerprint density at radius 1 is 0.878 bits per heavy atom. The van der Waals surface area contributed by atoms with Crippen molar-refractivity contribution in [3.8, 4) is 16.9 Å². The third-order valence-corrected chi connectivity index (χ3v) is 17.1. The van der Waals surface area contributed by atoms with Gasteiger partial charge in [-0.3, -0.25) is 0 Å². The summed E-state index contributed by atoms with van der Waals surface area (Å²) in [6, 6.07) is 27.9. The van der Waals surface area contributed by atoms with Crippen LogP contribution in [0.3, 0.4) is 0 Å². The van der Waals surface area contributed by atoms with Gasteiger partial charge < -0.3 is 0 Å². The molecule has 0 aliphatic carbocycles. The first kappa shape index (κ1) is 35.0. The van der Waals surface area contributed by atoms with Crippen LogP contribution in [0.4, 0.5) is 13.2 Å². The van der Waals surface area contributed by atoms with Crippen LogP contribution in [0.1, 0.15) is 48.6 Å². The number of halogens is 3. The van der Waals surface area contributed by atoms with Crippen molar-refractivity contribution in [1.82, 2.24) is 4.90 Å². The van der Waals surface area contributed by atoms with Gasteiger partial charge >= 0.3 is 279 Å². The van der Waals surface area contributed by atoms with Crippen LogP contribution in [0, 0.1) is 5.41 Å². The number of fused-ring (bicyclic) bond motifs is 2. The van der Waals surface area contributed by atoms with E-state index in [0.29, 0.717) is 34.7 Å². The van der Waals surface area contributed by atoms with Crippen molar-refractivity contribution in [2.24, 2.45) is 5.41 Å². The Morgan fingerprint density at radius 3 is 2.16 bits per heavy atom. The molecule has 254 valence electrons. The molecule has 1 unspecified atom stereocenters. The summed E-state index contributed by atoms with van der Waals surface area (Å²) in [6.07, 6.45) is -3.71. The van der Waals surface area contributed by atoms with Gasteiger partial charge in [-0.05, 0) is 0 Å². The molecule has 0 aromatic heterocycles. The number of hydrogen-bond acceptors (Lipinski definition) is 5. The molecule has 49 heavy (non-hydrogen) atoms. The summed E-state index contributed by atoms with van der Waals surface area (Å²) in [7, 11) is 0. The summed E-state index contributed by atoms with van der Waals surface area (Å²) in [4.78, 5) is 29.2. The van der Waals surface area contributed by atoms with E-state index in [2.05, 4.69) is 0 Å². The van der Waals surface area contributed by atoms with E-state index in [0.717, 1.165) is 39.9 Å². The normalized spacial score (nSPS) is 17.1. The zero-order chi connectivity index (χ0) is 34.9. The number of rotatable bonds is 10. The quantitative estimate of drug-likeness (QED) is 0.166. The van der Waals surface area contributed by atoms with Crippen molar-refractivity contribution in [2.45, 2.75) is 62.9 Å². The molecular weight excluding hydrogens is 738 g/mol. The Kier molecular flexibility index (Phi) is 10.2. The van der Waals surface area contributed by atoms with Gasteiger partial charge in [0.05, 0.1) is 0 Å². The Morgan fingerprint density at radius 2 is 1.53 bits per heavy atom. The molecule has 0 bridgehead atoms. The number of hydrogen-bond donors (Lipinski definition) is 1. The van der Waals surface area contributed by atoms with Crippen molar-refractivity contribution in [3.63, 3.8) is 0 Å². The summed E-state index contributed by atoms with van der Waals surface area (Å²) in [5, 5.41) is 10.6. The third kappa shape index (κ3) is 8.16. The molecule has 6 nitrogen and oxygen atoms in total. The second-order valence-corrected chi connectivity index (χ2v) is 20.8. The van der Waals surface area contributed by atoms with Crippen LogP contribution in [0.2, 0.25) is 3.93 Å². The predicted octanol–water partition coefficient (Wildman–Crippen LogP) is 7.72. The van der Waals surface area contributed by atoms with E-state index < -0.39 is 47.0 Å². The molecule has 2 aliphatic rings. The van der Waals surface area contributed by atoms with Gasteiger partial charge in [-0.15, -0.1) is 0 Å². The molecule has 2 heterocycles. The average molecular weight is 776 g/mol. The summed E-state index contributed by atoms with van der Waals surface area (Å²) < 4.78 is 51.1. The van der Waals surface area contributed by atoms with Gasteiger partial charge in [0.2, 0.25) is 0 Å². The fourth-order valence-corrected chi connectivity index (χ4v) is 14.6. The number of aliphatic carboxylic acids is 1. The van der Waals surface area contributed by atoms with Gasteiger partial charge in [-0.2, -0.15) is 13.2 Å². The van der Waals surface area contributed by atoms with Crippen LogP contribution >= 0.6 is 0 Å². The summed E-state index contributed by atoms with van der Waals surface area (Å²) >= 11 is -3.64. The molecule has 0 spiro atoms. The van der Waals surface area contributed by atoms with Crippen LogP contribution in [0.5, 0.6) is 5.75 Å². The van der Waals surface area contributed by atoms with Gasteiger partial charge in [0, 0.05) is 0 Å². The molecule has 0 saturated carbocycles. The molecule has 2 atom stereocenters. The summed E-state index contributed by atoms with van der Waals surface area (Å²) in [5.74, 6) is -0.413. The number of nitrogens with zero attached hydrogens (tertiary/aromatic N) is 1. The third-order valence-electron chi connectivity index (χ3n) is 8.84. The Bertz CT molecular complexity index is 1870. The molecule has 0 fully saturated rings. The molecule has 0 saturated heterocycles. The Labute approximate surface area is 290 Å². The Balaban J connectivity index is 1.25. The predicted molar refractivity (Wildman–Crippen MR) is 183 cm³/mol. The minimum absolute atomic E-state index is 0.0351. The van der Waals surface area contributed by atoms with Gasteiger partial charge in [0.25, 0.3) is 0 Å². The zero-order valence-electron chi connectivity index (χ0n) is 27.6. The molecule has 0 amide bonds. The molecule has 10 heteroatoms. The van der Waals surface area contributed by atoms with Crippen molar-refractivity contribution in [2.75, 3.05) is 6.61 Å². The van der Waals surface area contributed by atoms with E-state index in [4.69, 9.17) is 9.47 Å². The first-order valence-electron chi connectivity index (χ1n) is 16.2. The van der Waals surface area contributed by atoms with Crippen molar-refractivity contribution < 1.29 is 37.3 Å². The van der Waals surface area contributed by atoms with E-state index in [1.54, 1.807) is 6.07 Å². The fourth-order valence-electron chi connectivity index (χ4n) is 6.27. The molecule has 6 rings (SSSR count). The fraction of sp³-hybridized carbons (Fsp3) is 0.308. The van der Waals surface area contributed by atoms with Gasteiger partial charge in [-0.25, -0.2) is 0 Å². The number of carbonyl (C=O) groups is 2. The van der Waals surface area contributed by atoms with Crippen LogP contribution in [-0.2, 0) is 46.5 Å². The monoisotopic (exact) mass is 777 g/mol. The number of alkyl halides is 3. The van der Waals surface area contributed by atoms with Crippen LogP contribution in [-0.4, -0.2) is 55.5 Å². The maximum absolute atomic E-state index is 14.3. The van der Waals surface area contributed by atoms with E-state index >= 15 is 0 Å². The first-order chi connectivity index (χ1) is 23.3. The van der Waals surface area contributed by atoms with Crippen molar-refractivity contribution >= 4 is 32.9 Å². The van der Waals surface area contributed by atoms with E-state index in [1.165, 1.54) is 12.1 Å². The zero-order valence-corrected chi connectivity index (χ0v) is 30.4. The number of carboxylic acids is 1. The van der Waals surface area contributed by atoms with E-state index in [9.17, 15) is 27.9 Å². The van der Waals surface area contributed by atoms with Crippen LogP contribution in [0.15, 0.2) is 97.1 Å². The van der Waals surface area contributed by atoms with Gasteiger partial charge in [0.1, 0.15) is 0 Å². The van der Waals surface area contributed by atoms with Crippen molar-refractivity contribution in [3.05, 3.63) is 125 Å². The molecule has 1 N–H and O–H groups in total. The van der Waals surface area contributed by atoms with Gasteiger partial charge in [-0.1, -0.05) is 0 Å². The maximum atomic E-state index is 14.3. The topological polar surface area (TPSA) is 76.1 Å². The molecule has 2 aliphatic heterocycles. The number of benzene rings is 4. The second kappa shape index (κ2) is 14.2. The SMILES string of the molecule is CC(C)(C)CO[C]1=[Sn]([C@@H](Cc2ccc(-c3ccccc3)cc2)C(=O)O)[C](=O)C2Cc3ccc(OCc4ccc(C(F)(F)F)cc4)cc3CN12. The average Bonchev–Trinajstić information content (AvgIpc) is 3.33. The summed E-state index contributed by atoms with van der Waals surface area (Å²) in [6.45, 7) is 6.95. The number of ether oxygens (including phenoxy) is 2. The van der Waals surface area contributed by atoms with Crippen molar-refractivity contribution in [1.29, 1.82) is 0 Å². The first-order valence-corrected chi connectivity index (χ1v) is 20.7. The molecule has 4 aromatic carbocycles. The molecule has 4 aromatic rings. The van der Waals surface area contributed by atoms with E-state index in [1.807, 2.05) is 92.4 Å². The Hall–Kier alpha value is -3.80. The standard InChI is InChI=1S/C24H25F3NO3.C15H13O2.Sn/c1-23(2,3)15-30-16-28-12-19-11-22(9-6-18(19)10-21(28)13-29)31-14-17-4-7-20(8-5-17)24(25,26)27;16-15(17)11-8-12-6-9-14(10-7-12)13-4-2-1-3-5-13;/h4-9,11,21H,10,12,14-15H2,1-3H3;1-7,9-11H,8H2,(H,16,17);. The second-order valence-electron chi connectivity index (χ2n) is 13.9. The number of carboxylic acid groups (broad SMARTS) is 1. The van der Waals surface area contributed by atoms with Crippen LogP contribution in [0.25, 0.3) is 11.1 Å². The minimum atomic E-state index is -4.40. The van der Waals surface area contributed by atoms with Gasteiger partial charge in [0.15, 0.2) is 0 Å². The molecule has 0 radical (unpaired) electrons. The molecular formula is C39H38F3NO5Sn.